The SMILES string of the molecule is COC1Cc2ccc(Nc3ncnc4[nH]ncc34)cc2C1. The molecule has 1 atom stereocenters. The highest BCUT2D eigenvalue weighted by molar-refractivity contribution is 5.87. The number of anilines is 2. The first-order chi connectivity index (χ1) is 10.3. The zero-order valence-electron chi connectivity index (χ0n) is 11.6. The molecule has 0 radical (unpaired) electrons. The summed E-state index contributed by atoms with van der Waals surface area (Å²) in [5, 5.41) is 11.1. The number of aromatic nitrogens is 4. The van der Waals surface area contributed by atoms with Crippen molar-refractivity contribution in [3.8, 4) is 0 Å². The Hall–Kier alpha value is -2.47. The van der Waals surface area contributed by atoms with E-state index in [4.69, 9.17) is 4.74 Å². The van der Waals surface area contributed by atoms with Crippen molar-refractivity contribution < 1.29 is 4.74 Å². The van der Waals surface area contributed by atoms with Crippen molar-refractivity contribution in [2.75, 3.05) is 12.4 Å². The molecular formula is C15H15N5O. The average molecular weight is 281 g/mol. The minimum absolute atomic E-state index is 0.301. The lowest BCUT2D eigenvalue weighted by Crippen LogP contribution is -2.08. The zero-order valence-corrected chi connectivity index (χ0v) is 11.6. The number of aromatic amines is 1. The predicted molar refractivity (Wildman–Crippen MR) is 79.6 cm³/mol. The van der Waals surface area contributed by atoms with E-state index in [9.17, 15) is 0 Å². The fourth-order valence-corrected chi connectivity index (χ4v) is 2.82. The smallest absolute Gasteiger partial charge is 0.160 e. The van der Waals surface area contributed by atoms with E-state index in [1.165, 1.54) is 17.5 Å². The summed E-state index contributed by atoms with van der Waals surface area (Å²) in [5.74, 6) is 0.759. The Morgan fingerprint density at radius 1 is 1.24 bits per heavy atom. The maximum Gasteiger partial charge on any atom is 0.160 e. The number of rotatable bonds is 3. The summed E-state index contributed by atoms with van der Waals surface area (Å²) in [6, 6.07) is 6.40. The van der Waals surface area contributed by atoms with Gasteiger partial charge in [-0.1, -0.05) is 6.07 Å². The molecule has 106 valence electrons. The third-order valence-corrected chi connectivity index (χ3v) is 3.95. The number of hydrogen-bond donors (Lipinski definition) is 2. The number of nitrogens with zero attached hydrogens (tertiary/aromatic N) is 3. The molecule has 0 amide bonds. The molecule has 6 heteroatoms. The summed E-state index contributed by atoms with van der Waals surface area (Å²) in [7, 11) is 1.77. The lowest BCUT2D eigenvalue weighted by Gasteiger charge is -2.08. The Morgan fingerprint density at radius 3 is 3.05 bits per heavy atom. The van der Waals surface area contributed by atoms with Crippen LogP contribution >= 0.6 is 0 Å². The van der Waals surface area contributed by atoms with Crippen LogP contribution < -0.4 is 5.32 Å². The van der Waals surface area contributed by atoms with Gasteiger partial charge in [-0.3, -0.25) is 5.10 Å². The molecular weight excluding hydrogens is 266 g/mol. The highest BCUT2D eigenvalue weighted by Gasteiger charge is 2.21. The van der Waals surface area contributed by atoms with Crippen LogP contribution in [0.2, 0.25) is 0 Å². The van der Waals surface area contributed by atoms with E-state index in [0.717, 1.165) is 35.4 Å². The molecule has 1 aliphatic rings. The molecule has 2 heterocycles. The van der Waals surface area contributed by atoms with Crippen LogP contribution in [0.25, 0.3) is 11.0 Å². The van der Waals surface area contributed by atoms with E-state index < -0.39 is 0 Å². The molecule has 2 aromatic heterocycles. The number of nitrogens with one attached hydrogen (secondary N) is 2. The van der Waals surface area contributed by atoms with Gasteiger partial charge in [-0.2, -0.15) is 5.10 Å². The Kier molecular flexibility index (Phi) is 2.82. The molecule has 0 spiro atoms. The highest BCUT2D eigenvalue weighted by Crippen LogP contribution is 2.28. The van der Waals surface area contributed by atoms with Crippen LogP contribution in [0, 0.1) is 0 Å². The molecule has 0 fully saturated rings. The van der Waals surface area contributed by atoms with Gasteiger partial charge >= 0.3 is 0 Å². The molecule has 0 aliphatic heterocycles. The lowest BCUT2D eigenvalue weighted by molar-refractivity contribution is 0.112. The van der Waals surface area contributed by atoms with Crippen molar-refractivity contribution in [1.82, 2.24) is 20.2 Å². The second-order valence-electron chi connectivity index (χ2n) is 5.23. The van der Waals surface area contributed by atoms with Crippen molar-refractivity contribution in [1.29, 1.82) is 0 Å². The quantitative estimate of drug-likeness (QED) is 0.770. The largest absolute Gasteiger partial charge is 0.381 e. The van der Waals surface area contributed by atoms with Gasteiger partial charge in [-0.05, 0) is 36.1 Å². The van der Waals surface area contributed by atoms with Gasteiger partial charge in [0.2, 0.25) is 0 Å². The van der Waals surface area contributed by atoms with E-state index in [2.05, 4.69) is 43.7 Å². The number of ether oxygens (including phenoxy) is 1. The molecule has 0 saturated carbocycles. The predicted octanol–water partition coefficient (Wildman–Crippen LogP) is 2.21. The molecule has 1 aromatic carbocycles. The first-order valence-corrected chi connectivity index (χ1v) is 6.89. The Morgan fingerprint density at radius 2 is 2.14 bits per heavy atom. The van der Waals surface area contributed by atoms with Crippen LogP contribution in [0.15, 0.2) is 30.7 Å². The number of H-pyrrole nitrogens is 1. The van der Waals surface area contributed by atoms with Gasteiger partial charge in [0.15, 0.2) is 5.65 Å². The van der Waals surface area contributed by atoms with Crippen LogP contribution in [-0.2, 0) is 17.6 Å². The van der Waals surface area contributed by atoms with Gasteiger partial charge in [0.25, 0.3) is 0 Å². The minimum atomic E-state index is 0.301. The zero-order chi connectivity index (χ0) is 14.2. The fourth-order valence-electron chi connectivity index (χ4n) is 2.82. The Balaban J connectivity index is 1.65. The standard InChI is InChI=1S/C15H15N5O/c1-21-12-5-9-2-3-11(4-10(9)6-12)19-14-13-7-18-20-15(13)17-8-16-14/h2-4,7-8,12H,5-6H2,1H3,(H2,16,17,18,19,20). The third-order valence-electron chi connectivity index (χ3n) is 3.95. The third kappa shape index (κ3) is 2.13. The molecule has 0 saturated heterocycles. The maximum atomic E-state index is 5.45. The monoisotopic (exact) mass is 281 g/mol. The number of fused-ring (bicyclic) bond motifs is 2. The van der Waals surface area contributed by atoms with E-state index in [0.29, 0.717) is 6.10 Å². The first kappa shape index (κ1) is 12.3. The summed E-state index contributed by atoms with van der Waals surface area (Å²) in [6.45, 7) is 0. The van der Waals surface area contributed by atoms with E-state index in [1.807, 2.05) is 0 Å². The van der Waals surface area contributed by atoms with Crippen LogP contribution in [0.4, 0.5) is 11.5 Å². The van der Waals surface area contributed by atoms with Crippen molar-refractivity contribution in [3.05, 3.63) is 41.9 Å². The number of benzene rings is 1. The van der Waals surface area contributed by atoms with Crippen LogP contribution in [0.5, 0.6) is 0 Å². The van der Waals surface area contributed by atoms with Crippen molar-refractivity contribution in [3.63, 3.8) is 0 Å². The van der Waals surface area contributed by atoms with Crippen molar-refractivity contribution in [2.24, 2.45) is 0 Å². The molecule has 4 rings (SSSR count). The number of methoxy groups -OCH3 is 1. The molecule has 3 aromatic rings. The van der Waals surface area contributed by atoms with E-state index >= 15 is 0 Å². The average Bonchev–Trinajstić information content (AvgIpc) is 3.13. The molecule has 0 bridgehead atoms. The van der Waals surface area contributed by atoms with Crippen LogP contribution in [0.3, 0.4) is 0 Å². The van der Waals surface area contributed by atoms with Gasteiger partial charge in [0.1, 0.15) is 12.1 Å². The minimum Gasteiger partial charge on any atom is -0.381 e. The van der Waals surface area contributed by atoms with Crippen LogP contribution in [0.1, 0.15) is 11.1 Å². The summed E-state index contributed by atoms with van der Waals surface area (Å²) >= 11 is 0. The van der Waals surface area contributed by atoms with Gasteiger partial charge in [-0.15, -0.1) is 0 Å². The van der Waals surface area contributed by atoms with Gasteiger partial charge in [0, 0.05) is 12.8 Å². The molecule has 2 N–H and O–H groups in total. The second-order valence-corrected chi connectivity index (χ2v) is 5.23. The molecule has 1 aliphatic carbocycles. The summed E-state index contributed by atoms with van der Waals surface area (Å²) < 4.78 is 5.45. The van der Waals surface area contributed by atoms with Crippen molar-refractivity contribution >= 4 is 22.5 Å². The maximum absolute atomic E-state index is 5.45. The summed E-state index contributed by atoms with van der Waals surface area (Å²) in [6.07, 6.45) is 5.51. The summed E-state index contributed by atoms with van der Waals surface area (Å²) in [5.41, 5.74) is 4.45. The molecule has 6 nitrogen and oxygen atoms in total. The fraction of sp³-hybridized carbons (Fsp3) is 0.267. The Labute approximate surface area is 121 Å². The normalized spacial score (nSPS) is 17.1. The second kappa shape index (κ2) is 4.82. The topological polar surface area (TPSA) is 75.7 Å². The van der Waals surface area contributed by atoms with Gasteiger partial charge < -0.3 is 10.1 Å². The van der Waals surface area contributed by atoms with Gasteiger partial charge in [-0.25, -0.2) is 9.97 Å². The van der Waals surface area contributed by atoms with Crippen molar-refractivity contribution in [2.45, 2.75) is 18.9 Å². The molecule has 1 unspecified atom stereocenters. The summed E-state index contributed by atoms with van der Waals surface area (Å²) in [4.78, 5) is 8.43. The number of hydrogen-bond acceptors (Lipinski definition) is 5. The van der Waals surface area contributed by atoms with E-state index in [-0.39, 0.29) is 0 Å². The van der Waals surface area contributed by atoms with E-state index in [1.54, 1.807) is 13.3 Å². The first-order valence-electron chi connectivity index (χ1n) is 6.89. The Bertz CT molecular complexity index is 798. The highest BCUT2D eigenvalue weighted by atomic mass is 16.5. The van der Waals surface area contributed by atoms with Gasteiger partial charge in [0.05, 0.1) is 17.7 Å². The lowest BCUT2D eigenvalue weighted by atomic mass is 10.1. The van der Waals surface area contributed by atoms with Crippen LogP contribution in [-0.4, -0.2) is 33.4 Å². The molecule has 21 heavy (non-hydrogen) atoms.